The first-order valence-electron chi connectivity index (χ1n) is 5.15. The molecule has 0 unspecified atom stereocenters. The topological polar surface area (TPSA) is 58.4 Å². The van der Waals surface area contributed by atoms with Crippen molar-refractivity contribution in [3.8, 4) is 0 Å². The van der Waals surface area contributed by atoms with Gasteiger partial charge in [0.05, 0.1) is 0 Å². The Hall–Kier alpha value is -1.26. The molecule has 0 spiro atoms. The number of halogens is 1. The third-order valence-electron chi connectivity index (χ3n) is 2.54. The van der Waals surface area contributed by atoms with Gasteiger partial charge in [-0.3, -0.25) is 4.90 Å². The minimum Gasteiger partial charge on any atom is -0.338 e. The van der Waals surface area contributed by atoms with Crippen molar-refractivity contribution in [2.24, 2.45) is 5.73 Å². The van der Waals surface area contributed by atoms with Gasteiger partial charge >= 0.3 is 6.03 Å². The highest BCUT2D eigenvalue weighted by Gasteiger charge is 2.18. The summed E-state index contributed by atoms with van der Waals surface area (Å²) in [6.45, 7) is 2.05. The molecule has 88 valence electrons. The number of amides is 2. The van der Waals surface area contributed by atoms with Crippen LogP contribution in [0.25, 0.3) is 0 Å². The van der Waals surface area contributed by atoms with E-state index in [1.54, 1.807) is 4.90 Å². The number of nitrogens with one attached hydrogen (secondary N) is 1. The second-order valence-electron chi connectivity index (χ2n) is 3.61. The Bertz CT molecular complexity index is 370. The van der Waals surface area contributed by atoms with Gasteiger partial charge < -0.3 is 11.1 Å². The van der Waals surface area contributed by atoms with Crippen LogP contribution in [0.15, 0.2) is 24.3 Å². The lowest BCUT2D eigenvalue weighted by molar-refractivity contribution is 0.243. The van der Waals surface area contributed by atoms with Gasteiger partial charge in [-0.2, -0.15) is 0 Å². The number of rotatable bonds is 2. The van der Waals surface area contributed by atoms with Gasteiger partial charge in [-0.1, -0.05) is 12.1 Å². The summed E-state index contributed by atoms with van der Waals surface area (Å²) >= 11 is 0. The minimum absolute atomic E-state index is 0. The Balaban J connectivity index is 0.00000128. The van der Waals surface area contributed by atoms with Crippen LogP contribution in [0, 0.1) is 0 Å². The molecule has 1 aliphatic heterocycles. The van der Waals surface area contributed by atoms with Crippen LogP contribution in [0.3, 0.4) is 0 Å². The van der Waals surface area contributed by atoms with Gasteiger partial charge in [0.15, 0.2) is 0 Å². The van der Waals surface area contributed by atoms with E-state index >= 15 is 0 Å². The van der Waals surface area contributed by atoms with Crippen LogP contribution in [0.2, 0.25) is 0 Å². The molecule has 1 heterocycles. The van der Waals surface area contributed by atoms with E-state index < -0.39 is 0 Å². The van der Waals surface area contributed by atoms with Crippen LogP contribution < -0.4 is 16.0 Å². The lowest BCUT2D eigenvalue weighted by Gasteiger charge is -2.27. The zero-order valence-corrected chi connectivity index (χ0v) is 9.80. The van der Waals surface area contributed by atoms with E-state index in [0.717, 1.165) is 30.8 Å². The average Bonchev–Trinajstić information content (AvgIpc) is 2.30. The van der Waals surface area contributed by atoms with Crippen molar-refractivity contribution in [1.29, 1.82) is 0 Å². The molecule has 0 aromatic heterocycles. The molecule has 0 atom stereocenters. The molecule has 0 bridgehead atoms. The second kappa shape index (κ2) is 5.72. The molecular formula is C11H16ClN3O. The van der Waals surface area contributed by atoms with E-state index in [1.165, 1.54) is 0 Å². The van der Waals surface area contributed by atoms with Crippen LogP contribution >= 0.6 is 12.4 Å². The molecule has 1 aromatic rings. The maximum atomic E-state index is 11.6. The Morgan fingerprint density at radius 1 is 1.44 bits per heavy atom. The van der Waals surface area contributed by atoms with E-state index in [9.17, 15) is 4.79 Å². The third kappa shape index (κ3) is 2.65. The molecule has 0 aliphatic carbocycles. The van der Waals surface area contributed by atoms with Crippen molar-refractivity contribution >= 4 is 24.1 Å². The van der Waals surface area contributed by atoms with Crippen LogP contribution in [-0.4, -0.2) is 19.1 Å². The van der Waals surface area contributed by atoms with Gasteiger partial charge in [-0.05, 0) is 24.1 Å². The molecule has 16 heavy (non-hydrogen) atoms. The fourth-order valence-electron chi connectivity index (χ4n) is 1.73. The number of carbonyl (C=O) groups is 1. The Labute approximate surface area is 101 Å². The number of benzene rings is 1. The minimum atomic E-state index is -0.0181. The largest absolute Gasteiger partial charge is 0.338 e. The highest BCUT2D eigenvalue weighted by molar-refractivity contribution is 5.92. The first-order chi connectivity index (χ1) is 7.31. The van der Waals surface area contributed by atoms with Crippen molar-refractivity contribution in [1.82, 2.24) is 5.32 Å². The number of urea groups is 1. The summed E-state index contributed by atoms with van der Waals surface area (Å²) in [6.07, 6.45) is 0.985. The van der Waals surface area contributed by atoms with Crippen LogP contribution in [0.5, 0.6) is 0 Å². The Morgan fingerprint density at radius 3 is 2.94 bits per heavy atom. The van der Waals surface area contributed by atoms with Gasteiger partial charge in [-0.15, -0.1) is 12.4 Å². The summed E-state index contributed by atoms with van der Waals surface area (Å²) < 4.78 is 0. The summed E-state index contributed by atoms with van der Waals surface area (Å²) in [5, 5.41) is 2.82. The smallest absolute Gasteiger partial charge is 0.321 e. The van der Waals surface area contributed by atoms with Crippen molar-refractivity contribution in [3.63, 3.8) is 0 Å². The molecule has 2 amide bonds. The first kappa shape index (κ1) is 12.8. The molecule has 4 nitrogen and oxygen atoms in total. The molecular weight excluding hydrogens is 226 g/mol. The second-order valence-corrected chi connectivity index (χ2v) is 3.61. The summed E-state index contributed by atoms with van der Waals surface area (Å²) in [6, 6.07) is 7.77. The van der Waals surface area contributed by atoms with Crippen molar-refractivity contribution < 1.29 is 4.79 Å². The number of nitrogens with two attached hydrogens (primary N) is 1. The normalized spacial score (nSPS) is 15.3. The van der Waals surface area contributed by atoms with Crippen molar-refractivity contribution in [2.45, 2.75) is 13.0 Å². The predicted octanol–water partition coefficient (Wildman–Crippen LogP) is 1.49. The van der Waals surface area contributed by atoms with Crippen molar-refractivity contribution in [2.75, 3.05) is 18.0 Å². The summed E-state index contributed by atoms with van der Waals surface area (Å²) in [5.41, 5.74) is 7.54. The molecule has 0 saturated carbocycles. The molecule has 1 fully saturated rings. The molecule has 3 N–H and O–H groups in total. The molecule has 5 heteroatoms. The molecule has 0 radical (unpaired) electrons. The van der Waals surface area contributed by atoms with Crippen LogP contribution in [0.1, 0.15) is 12.0 Å². The zero-order chi connectivity index (χ0) is 10.7. The van der Waals surface area contributed by atoms with Crippen molar-refractivity contribution in [3.05, 3.63) is 29.8 Å². The Kier molecular flexibility index (Phi) is 4.58. The number of anilines is 1. The molecule has 1 aliphatic rings. The molecule has 1 saturated heterocycles. The number of carbonyl (C=O) groups excluding carboxylic acids is 1. The number of nitrogens with zero attached hydrogens (tertiary/aromatic N) is 1. The maximum absolute atomic E-state index is 11.6. The number of hydrogen-bond acceptors (Lipinski definition) is 2. The number of hydrogen-bond donors (Lipinski definition) is 2. The van der Waals surface area contributed by atoms with Crippen LogP contribution in [0.4, 0.5) is 10.5 Å². The summed E-state index contributed by atoms with van der Waals surface area (Å²) in [5.74, 6) is 0. The summed E-state index contributed by atoms with van der Waals surface area (Å²) in [7, 11) is 0. The Morgan fingerprint density at radius 2 is 2.25 bits per heavy atom. The van der Waals surface area contributed by atoms with E-state index in [-0.39, 0.29) is 18.4 Å². The fraction of sp³-hybridized carbons (Fsp3) is 0.364. The standard InChI is InChI=1S/C11H15N3O.ClH/c12-8-9-3-1-4-10(7-9)14-6-2-5-13-11(14)15;/h1,3-4,7H,2,5-6,8,12H2,(H,13,15);1H. The first-order valence-corrected chi connectivity index (χ1v) is 5.15. The van der Waals surface area contributed by atoms with Gasteiger partial charge in [0, 0.05) is 25.3 Å². The maximum Gasteiger partial charge on any atom is 0.321 e. The monoisotopic (exact) mass is 241 g/mol. The SMILES string of the molecule is Cl.NCc1cccc(N2CCCNC2=O)c1. The van der Waals surface area contributed by atoms with Gasteiger partial charge in [0.1, 0.15) is 0 Å². The third-order valence-corrected chi connectivity index (χ3v) is 2.54. The summed E-state index contributed by atoms with van der Waals surface area (Å²) in [4.78, 5) is 13.3. The van der Waals surface area contributed by atoms with Gasteiger partial charge in [0.25, 0.3) is 0 Å². The van der Waals surface area contributed by atoms with E-state index in [0.29, 0.717) is 6.54 Å². The van der Waals surface area contributed by atoms with Gasteiger partial charge in [-0.25, -0.2) is 4.79 Å². The lowest BCUT2D eigenvalue weighted by atomic mass is 10.2. The highest BCUT2D eigenvalue weighted by atomic mass is 35.5. The average molecular weight is 242 g/mol. The lowest BCUT2D eigenvalue weighted by Crippen LogP contribution is -2.46. The zero-order valence-electron chi connectivity index (χ0n) is 8.98. The van der Waals surface area contributed by atoms with E-state index in [2.05, 4.69) is 5.32 Å². The fourth-order valence-corrected chi connectivity index (χ4v) is 1.73. The van der Waals surface area contributed by atoms with E-state index in [4.69, 9.17) is 5.73 Å². The molecule has 2 rings (SSSR count). The predicted molar refractivity (Wildman–Crippen MR) is 66.9 cm³/mol. The molecule has 1 aromatic carbocycles. The van der Waals surface area contributed by atoms with Crippen LogP contribution in [-0.2, 0) is 6.54 Å². The highest BCUT2D eigenvalue weighted by Crippen LogP contribution is 2.17. The quantitative estimate of drug-likeness (QED) is 0.824. The van der Waals surface area contributed by atoms with E-state index in [1.807, 2.05) is 24.3 Å². The van der Waals surface area contributed by atoms with Gasteiger partial charge in [0.2, 0.25) is 0 Å².